The number of anilines is 1. The van der Waals surface area contributed by atoms with Crippen LogP contribution in [0.1, 0.15) is 15.6 Å². The molecule has 2 aromatic heterocycles. The summed E-state index contributed by atoms with van der Waals surface area (Å²) in [5, 5.41) is 12.2. The van der Waals surface area contributed by atoms with Crippen molar-refractivity contribution in [3.05, 3.63) is 40.0 Å². The number of ether oxygens (including phenoxy) is 2. The van der Waals surface area contributed by atoms with E-state index in [-0.39, 0.29) is 0 Å². The molecule has 2 heterocycles. The maximum atomic E-state index is 5.43. The molecule has 0 aliphatic carbocycles. The quantitative estimate of drug-likeness (QED) is 0.725. The molecule has 8 heteroatoms. The fraction of sp³-hybridized carbons (Fsp3) is 0.294. The first-order valence-electron chi connectivity index (χ1n) is 7.69. The molecule has 0 spiro atoms. The fourth-order valence-electron chi connectivity index (χ4n) is 2.29. The van der Waals surface area contributed by atoms with E-state index < -0.39 is 0 Å². The molecule has 3 rings (SSSR count). The van der Waals surface area contributed by atoms with Crippen LogP contribution in [0.25, 0.3) is 11.3 Å². The number of benzene rings is 1. The lowest BCUT2D eigenvalue weighted by molar-refractivity contribution is 0.395. The monoisotopic (exact) mass is 357 g/mol. The third-order valence-corrected chi connectivity index (χ3v) is 4.79. The Morgan fingerprint density at radius 2 is 1.96 bits per heavy atom. The van der Waals surface area contributed by atoms with E-state index in [1.54, 1.807) is 31.8 Å². The average molecular weight is 357 g/mol. The van der Waals surface area contributed by atoms with E-state index in [0.717, 1.165) is 22.0 Å². The molecule has 7 nitrogen and oxygen atoms in total. The second kappa shape index (κ2) is 7.43. The van der Waals surface area contributed by atoms with Crippen molar-refractivity contribution < 1.29 is 9.47 Å². The zero-order valence-corrected chi connectivity index (χ0v) is 15.3. The van der Waals surface area contributed by atoms with Gasteiger partial charge < -0.3 is 14.8 Å². The van der Waals surface area contributed by atoms with Crippen molar-refractivity contribution in [2.24, 2.45) is 0 Å². The number of hydrogen-bond acceptors (Lipinski definition) is 8. The minimum Gasteiger partial charge on any atom is -0.497 e. The van der Waals surface area contributed by atoms with E-state index in [0.29, 0.717) is 23.9 Å². The van der Waals surface area contributed by atoms with Gasteiger partial charge in [-0.1, -0.05) is 0 Å². The van der Waals surface area contributed by atoms with Crippen LogP contribution in [0.4, 0.5) is 5.95 Å². The molecule has 0 saturated carbocycles. The minimum absolute atomic E-state index is 0.445. The van der Waals surface area contributed by atoms with E-state index in [4.69, 9.17) is 9.47 Å². The molecular formula is C17H19N5O2S. The lowest BCUT2D eigenvalue weighted by Crippen LogP contribution is -2.05. The molecule has 130 valence electrons. The second-order valence-corrected chi connectivity index (χ2v) is 6.62. The van der Waals surface area contributed by atoms with Crippen molar-refractivity contribution in [1.29, 1.82) is 0 Å². The number of aryl methyl sites for hydroxylation is 2. The molecule has 0 radical (unpaired) electrons. The van der Waals surface area contributed by atoms with Crippen LogP contribution in [0, 0.1) is 13.8 Å². The molecule has 0 fully saturated rings. The van der Waals surface area contributed by atoms with Crippen molar-refractivity contribution in [3.63, 3.8) is 0 Å². The molecule has 0 atom stereocenters. The molecule has 1 aromatic carbocycles. The largest absolute Gasteiger partial charge is 0.497 e. The van der Waals surface area contributed by atoms with E-state index >= 15 is 0 Å². The Labute approximate surface area is 150 Å². The van der Waals surface area contributed by atoms with E-state index in [9.17, 15) is 0 Å². The SMILES string of the molecule is COc1ccc(-c2cnnc(NCc3nc(C)c(C)s3)n2)c(OC)c1. The first kappa shape index (κ1) is 17.1. The normalized spacial score (nSPS) is 10.6. The molecule has 0 unspecified atom stereocenters. The van der Waals surface area contributed by atoms with Crippen LogP contribution in [-0.4, -0.2) is 34.4 Å². The van der Waals surface area contributed by atoms with Crippen LogP contribution >= 0.6 is 11.3 Å². The van der Waals surface area contributed by atoms with Gasteiger partial charge in [-0.3, -0.25) is 0 Å². The zero-order valence-electron chi connectivity index (χ0n) is 14.5. The van der Waals surface area contributed by atoms with Crippen LogP contribution < -0.4 is 14.8 Å². The van der Waals surface area contributed by atoms with Gasteiger partial charge in [-0.2, -0.15) is 5.10 Å². The average Bonchev–Trinajstić information content (AvgIpc) is 2.97. The molecule has 0 amide bonds. The van der Waals surface area contributed by atoms with Gasteiger partial charge >= 0.3 is 0 Å². The number of hydrogen-bond donors (Lipinski definition) is 1. The summed E-state index contributed by atoms with van der Waals surface area (Å²) >= 11 is 1.66. The summed E-state index contributed by atoms with van der Waals surface area (Å²) in [6.07, 6.45) is 1.60. The minimum atomic E-state index is 0.445. The Morgan fingerprint density at radius 1 is 1.12 bits per heavy atom. The Morgan fingerprint density at radius 3 is 2.64 bits per heavy atom. The predicted octanol–water partition coefficient (Wildman–Crippen LogP) is 3.24. The maximum absolute atomic E-state index is 5.43. The fourth-order valence-corrected chi connectivity index (χ4v) is 3.16. The van der Waals surface area contributed by atoms with Gasteiger partial charge in [0, 0.05) is 16.5 Å². The highest BCUT2D eigenvalue weighted by Gasteiger charge is 2.11. The second-order valence-electron chi connectivity index (χ2n) is 5.33. The Hall–Kier alpha value is -2.74. The smallest absolute Gasteiger partial charge is 0.243 e. The Bertz CT molecular complexity index is 862. The van der Waals surface area contributed by atoms with Crippen molar-refractivity contribution >= 4 is 17.3 Å². The lowest BCUT2D eigenvalue weighted by Gasteiger charge is -2.10. The van der Waals surface area contributed by atoms with Gasteiger partial charge in [-0.15, -0.1) is 16.4 Å². The molecule has 25 heavy (non-hydrogen) atoms. The molecule has 0 aliphatic heterocycles. The van der Waals surface area contributed by atoms with Crippen LogP contribution in [-0.2, 0) is 6.54 Å². The predicted molar refractivity (Wildman–Crippen MR) is 97.3 cm³/mol. The van der Waals surface area contributed by atoms with Gasteiger partial charge in [0.1, 0.15) is 16.5 Å². The van der Waals surface area contributed by atoms with Gasteiger partial charge in [0.2, 0.25) is 5.95 Å². The summed E-state index contributed by atoms with van der Waals surface area (Å²) in [4.78, 5) is 10.2. The molecular weight excluding hydrogens is 338 g/mol. The van der Waals surface area contributed by atoms with Crippen molar-refractivity contribution in [2.75, 3.05) is 19.5 Å². The highest BCUT2D eigenvalue weighted by molar-refractivity contribution is 7.11. The number of rotatable bonds is 6. The van der Waals surface area contributed by atoms with Crippen LogP contribution in [0.3, 0.4) is 0 Å². The maximum Gasteiger partial charge on any atom is 0.243 e. The standard InChI is InChI=1S/C17H19N5O2S/c1-10-11(2)25-16(20-10)9-18-17-21-14(8-19-22-17)13-6-5-12(23-3)7-15(13)24-4/h5-8H,9H2,1-4H3,(H,18,21,22). The summed E-state index contributed by atoms with van der Waals surface area (Å²) in [7, 11) is 3.23. The first-order chi connectivity index (χ1) is 12.1. The van der Waals surface area contributed by atoms with Gasteiger partial charge in [0.25, 0.3) is 0 Å². The summed E-state index contributed by atoms with van der Waals surface area (Å²) in [6, 6.07) is 5.55. The van der Waals surface area contributed by atoms with Gasteiger partial charge in [0.05, 0.1) is 38.3 Å². The number of thiazole rings is 1. The summed E-state index contributed by atoms with van der Waals surface area (Å²) in [6.45, 7) is 4.62. The first-order valence-corrected chi connectivity index (χ1v) is 8.51. The van der Waals surface area contributed by atoms with Gasteiger partial charge in [-0.05, 0) is 26.0 Å². The third kappa shape index (κ3) is 3.85. The van der Waals surface area contributed by atoms with Crippen molar-refractivity contribution in [3.8, 4) is 22.8 Å². The molecule has 0 aliphatic rings. The zero-order chi connectivity index (χ0) is 17.8. The third-order valence-electron chi connectivity index (χ3n) is 3.71. The number of aromatic nitrogens is 4. The lowest BCUT2D eigenvalue weighted by atomic mass is 10.1. The Balaban J connectivity index is 1.81. The van der Waals surface area contributed by atoms with E-state index in [1.807, 2.05) is 25.1 Å². The van der Waals surface area contributed by atoms with Crippen LogP contribution in [0.5, 0.6) is 11.5 Å². The highest BCUT2D eigenvalue weighted by atomic mass is 32.1. The number of nitrogens with zero attached hydrogens (tertiary/aromatic N) is 4. The van der Waals surface area contributed by atoms with E-state index in [1.165, 1.54) is 4.88 Å². The summed E-state index contributed by atoms with van der Waals surface area (Å²) in [5.74, 6) is 1.83. The number of methoxy groups -OCH3 is 2. The molecule has 3 aromatic rings. The summed E-state index contributed by atoms with van der Waals surface area (Å²) in [5.41, 5.74) is 2.54. The van der Waals surface area contributed by atoms with Crippen LogP contribution in [0.15, 0.2) is 24.4 Å². The Kier molecular flexibility index (Phi) is 5.08. The van der Waals surface area contributed by atoms with Gasteiger partial charge in [0.15, 0.2) is 0 Å². The molecule has 0 bridgehead atoms. The van der Waals surface area contributed by atoms with Crippen molar-refractivity contribution in [1.82, 2.24) is 20.2 Å². The topological polar surface area (TPSA) is 82.1 Å². The van der Waals surface area contributed by atoms with Crippen LogP contribution in [0.2, 0.25) is 0 Å². The highest BCUT2D eigenvalue weighted by Crippen LogP contribution is 2.32. The number of nitrogens with one attached hydrogen (secondary N) is 1. The van der Waals surface area contributed by atoms with E-state index in [2.05, 4.69) is 32.4 Å². The molecule has 0 saturated heterocycles. The van der Waals surface area contributed by atoms with Gasteiger partial charge in [-0.25, -0.2) is 9.97 Å². The molecule has 1 N–H and O–H groups in total. The summed E-state index contributed by atoms with van der Waals surface area (Å²) < 4.78 is 10.7. The van der Waals surface area contributed by atoms with Crippen molar-refractivity contribution in [2.45, 2.75) is 20.4 Å².